The number of sulfone groups is 1. The molecule has 29 heavy (non-hydrogen) atoms. The van der Waals surface area contributed by atoms with E-state index in [4.69, 9.17) is 4.74 Å². The normalized spacial score (nSPS) is 11.2. The lowest BCUT2D eigenvalue weighted by Crippen LogP contribution is -2.16. The Morgan fingerprint density at radius 2 is 1.52 bits per heavy atom. The maximum absolute atomic E-state index is 13.0. The lowest BCUT2D eigenvalue weighted by molar-refractivity contribution is -0.132. The number of carbonyl (C=O) groups is 1. The third kappa shape index (κ3) is 5.53. The predicted octanol–water partition coefficient (Wildman–Crippen LogP) is 3.78. The number of rotatable bonds is 8. The van der Waals surface area contributed by atoms with Crippen molar-refractivity contribution in [1.82, 2.24) is 5.32 Å². The molecule has 0 atom stereocenters. The molecule has 0 unspecified atom stereocenters. The molecule has 0 aliphatic rings. The van der Waals surface area contributed by atoms with Crippen molar-refractivity contribution in [2.45, 2.75) is 29.7 Å². The number of para-hydroxylation sites is 1. The molecule has 0 saturated carbocycles. The number of nitrogens with one attached hydrogen (secondary N) is 1. The molecule has 1 N–H and O–H groups in total. The number of esters is 1. The van der Waals surface area contributed by atoms with E-state index in [1.54, 1.807) is 24.3 Å². The van der Waals surface area contributed by atoms with Crippen LogP contribution < -0.4 is 10.1 Å². The van der Waals surface area contributed by atoms with Gasteiger partial charge in [-0.2, -0.15) is 0 Å². The molecule has 0 saturated heterocycles. The summed E-state index contributed by atoms with van der Waals surface area (Å²) in [6.45, 7) is 2.82. The van der Waals surface area contributed by atoms with Crippen LogP contribution in [0.5, 0.6) is 5.75 Å². The van der Waals surface area contributed by atoms with Crippen molar-refractivity contribution >= 4 is 15.8 Å². The predicted molar refractivity (Wildman–Crippen MR) is 111 cm³/mol. The summed E-state index contributed by atoms with van der Waals surface area (Å²) in [4.78, 5) is 11.4. The molecule has 3 aromatic rings. The van der Waals surface area contributed by atoms with E-state index in [0.29, 0.717) is 0 Å². The van der Waals surface area contributed by atoms with E-state index in [1.807, 2.05) is 30.3 Å². The molecule has 3 rings (SSSR count). The molecular weight excluding hydrogens is 386 g/mol. The monoisotopic (exact) mass is 409 g/mol. The highest BCUT2D eigenvalue weighted by atomic mass is 32.2. The summed E-state index contributed by atoms with van der Waals surface area (Å²) in [6, 6.07) is 23.1. The summed E-state index contributed by atoms with van der Waals surface area (Å²) in [5.41, 5.74) is 2.26. The van der Waals surface area contributed by atoms with Crippen LogP contribution in [0.3, 0.4) is 0 Å². The molecule has 0 bridgehead atoms. The van der Waals surface area contributed by atoms with Gasteiger partial charge < -0.3 is 10.1 Å². The van der Waals surface area contributed by atoms with E-state index < -0.39 is 15.8 Å². The fraction of sp³-hybridized carbons (Fsp3) is 0.174. The topological polar surface area (TPSA) is 72.5 Å². The second-order valence-corrected chi connectivity index (χ2v) is 8.52. The average molecular weight is 410 g/mol. The van der Waals surface area contributed by atoms with Crippen molar-refractivity contribution in [3.8, 4) is 5.75 Å². The lowest BCUT2D eigenvalue weighted by Gasteiger charge is -2.10. The minimum atomic E-state index is -3.79. The Morgan fingerprint density at radius 1 is 0.862 bits per heavy atom. The van der Waals surface area contributed by atoms with Gasteiger partial charge in [-0.05, 0) is 48.4 Å². The second-order valence-electron chi connectivity index (χ2n) is 6.60. The first kappa shape index (κ1) is 20.8. The van der Waals surface area contributed by atoms with Gasteiger partial charge in [-0.25, -0.2) is 8.42 Å². The van der Waals surface area contributed by atoms with Gasteiger partial charge in [0.25, 0.3) is 0 Å². The van der Waals surface area contributed by atoms with Crippen molar-refractivity contribution in [3.63, 3.8) is 0 Å². The van der Waals surface area contributed by atoms with Gasteiger partial charge in [0.15, 0.2) is 0 Å². The van der Waals surface area contributed by atoms with Crippen LogP contribution in [-0.2, 0) is 27.6 Å². The van der Waals surface area contributed by atoms with Crippen LogP contribution >= 0.6 is 0 Å². The maximum atomic E-state index is 13.0. The Hall–Kier alpha value is -2.96. The molecular formula is C23H23NO4S. The lowest BCUT2D eigenvalue weighted by atomic mass is 10.1. The summed E-state index contributed by atoms with van der Waals surface area (Å²) in [5, 5.41) is 3.38. The summed E-state index contributed by atoms with van der Waals surface area (Å²) >= 11 is 0. The molecule has 0 heterocycles. The van der Waals surface area contributed by atoms with Crippen LogP contribution in [0.15, 0.2) is 88.7 Å². The van der Waals surface area contributed by atoms with Gasteiger partial charge in [0.1, 0.15) is 10.6 Å². The van der Waals surface area contributed by atoms with Gasteiger partial charge in [-0.3, -0.25) is 4.79 Å². The van der Waals surface area contributed by atoms with Gasteiger partial charge >= 0.3 is 5.97 Å². The molecule has 5 nitrogen and oxygen atoms in total. The molecule has 0 fully saturated rings. The van der Waals surface area contributed by atoms with E-state index in [-0.39, 0.29) is 15.5 Å². The SMILES string of the molecule is CC(=O)Oc1ccccc1S(=O)(=O)c1ccc(CCNCc2ccccc2)cc1. The number of ether oxygens (including phenoxy) is 1. The fourth-order valence-electron chi connectivity index (χ4n) is 2.93. The van der Waals surface area contributed by atoms with Crippen molar-refractivity contribution in [3.05, 3.63) is 90.0 Å². The molecule has 3 aromatic carbocycles. The van der Waals surface area contributed by atoms with E-state index in [9.17, 15) is 13.2 Å². The van der Waals surface area contributed by atoms with Crippen LogP contribution in [0.25, 0.3) is 0 Å². The molecule has 6 heteroatoms. The number of benzene rings is 3. The molecule has 0 aliphatic carbocycles. The first-order chi connectivity index (χ1) is 14.0. The van der Waals surface area contributed by atoms with Gasteiger partial charge in [0.2, 0.25) is 9.84 Å². The average Bonchev–Trinajstić information content (AvgIpc) is 2.72. The zero-order chi connectivity index (χ0) is 20.7. The summed E-state index contributed by atoms with van der Waals surface area (Å²) in [5.74, 6) is -0.528. The van der Waals surface area contributed by atoms with E-state index in [2.05, 4.69) is 17.4 Å². The van der Waals surface area contributed by atoms with Crippen molar-refractivity contribution in [1.29, 1.82) is 0 Å². The largest absolute Gasteiger partial charge is 0.425 e. The molecule has 0 spiro atoms. The van der Waals surface area contributed by atoms with E-state index in [1.165, 1.54) is 24.6 Å². The van der Waals surface area contributed by atoms with Crippen LogP contribution in [0.2, 0.25) is 0 Å². The minimum absolute atomic E-state index is 0.0209. The summed E-state index contributed by atoms with van der Waals surface area (Å²) in [7, 11) is -3.79. The Kier molecular flexibility index (Phi) is 6.80. The smallest absolute Gasteiger partial charge is 0.308 e. The first-order valence-electron chi connectivity index (χ1n) is 9.33. The number of hydrogen-bond donors (Lipinski definition) is 1. The van der Waals surface area contributed by atoms with E-state index >= 15 is 0 Å². The van der Waals surface area contributed by atoms with E-state index in [0.717, 1.165) is 25.1 Å². The van der Waals surface area contributed by atoms with Crippen molar-refractivity contribution < 1.29 is 17.9 Å². The van der Waals surface area contributed by atoms with Gasteiger partial charge in [0.05, 0.1) is 4.90 Å². The van der Waals surface area contributed by atoms with Gasteiger partial charge in [-0.15, -0.1) is 0 Å². The molecule has 0 aliphatic heterocycles. The Morgan fingerprint density at radius 3 is 2.21 bits per heavy atom. The van der Waals surface area contributed by atoms with Crippen LogP contribution in [-0.4, -0.2) is 20.9 Å². The van der Waals surface area contributed by atoms with Crippen LogP contribution in [0, 0.1) is 0 Å². The molecule has 0 aromatic heterocycles. The standard InChI is InChI=1S/C23H23NO4S/c1-18(25)28-22-9-5-6-10-23(22)29(26,27)21-13-11-19(12-14-21)15-16-24-17-20-7-3-2-4-8-20/h2-14,24H,15-17H2,1H3. The number of carbonyl (C=O) groups excluding carboxylic acids is 1. The highest BCUT2D eigenvalue weighted by Crippen LogP contribution is 2.29. The summed E-state index contributed by atoms with van der Waals surface area (Å²) in [6.07, 6.45) is 0.789. The highest BCUT2D eigenvalue weighted by Gasteiger charge is 2.22. The molecule has 0 radical (unpaired) electrons. The third-order valence-corrected chi connectivity index (χ3v) is 6.20. The quantitative estimate of drug-likeness (QED) is 0.348. The van der Waals surface area contributed by atoms with Crippen molar-refractivity contribution in [2.24, 2.45) is 0 Å². The fourth-order valence-corrected chi connectivity index (χ4v) is 4.32. The zero-order valence-electron chi connectivity index (χ0n) is 16.2. The van der Waals surface area contributed by atoms with Crippen molar-refractivity contribution in [2.75, 3.05) is 6.54 Å². The first-order valence-corrected chi connectivity index (χ1v) is 10.8. The Bertz CT molecular complexity index is 1060. The molecule has 0 amide bonds. The van der Waals surface area contributed by atoms with Crippen LogP contribution in [0.4, 0.5) is 0 Å². The third-order valence-electron chi connectivity index (χ3n) is 4.39. The van der Waals surface area contributed by atoms with Gasteiger partial charge in [-0.1, -0.05) is 54.6 Å². The minimum Gasteiger partial charge on any atom is -0.425 e. The highest BCUT2D eigenvalue weighted by molar-refractivity contribution is 7.91. The molecule has 150 valence electrons. The number of hydrogen-bond acceptors (Lipinski definition) is 5. The Balaban J connectivity index is 1.65. The Labute approximate surface area is 171 Å². The summed E-state index contributed by atoms with van der Waals surface area (Å²) < 4.78 is 31.0. The maximum Gasteiger partial charge on any atom is 0.308 e. The van der Waals surface area contributed by atoms with Gasteiger partial charge in [0, 0.05) is 13.5 Å². The zero-order valence-corrected chi connectivity index (χ0v) is 17.0. The van der Waals surface area contributed by atoms with Crippen LogP contribution in [0.1, 0.15) is 18.1 Å². The second kappa shape index (κ2) is 9.49.